The smallest absolute Gasteiger partial charge is 0.335 e. The normalized spacial score (nSPS) is 19.1. The Labute approximate surface area is 118 Å². The molecule has 1 aliphatic rings. The third-order valence-electron chi connectivity index (χ3n) is 3.79. The number of piperidine rings is 1. The predicted molar refractivity (Wildman–Crippen MR) is 76.0 cm³/mol. The largest absolute Gasteiger partial charge is 0.478 e. The van der Waals surface area contributed by atoms with Crippen molar-refractivity contribution in [2.24, 2.45) is 0 Å². The van der Waals surface area contributed by atoms with E-state index in [0.717, 1.165) is 25.9 Å². The van der Waals surface area contributed by atoms with Crippen molar-refractivity contribution in [3.8, 4) is 0 Å². The van der Waals surface area contributed by atoms with Gasteiger partial charge in [0.25, 0.3) is 5.91 Å². The van der Waals surface area contributed by atoms with Crippen LogP contribution in [0, 0.1) is 0 Å². The molecule has 1 saturated heterocycles. The molecule has 0 spiro atoms. The number of carboxylic acids is 1. The second-order valence-corrected chi connectivity index (χ2v) is 5.39. The van der Waals surface area contributed by atoms with Crippen molar-refractivity contribution >= 4 is 11.9 Å². The van der Waals surface area contributed by atoms with Crippen molar-refractivity contribution in [1.82, 2.24) is 9.80 Å². The molecule has 1 aromatic rings. The zero-order valence-electron chi connectivity index (χ0n) is 11.9. The number of nitrogens with zero attached hydrogens (tertiary/aromatic N) is 2. The summed E-state index contributed by atoms with van der Waals surface area (Å²) in [5, 5.41) is 8.86. The molecule has 1 aliphatic heterocycles. The molecular formula is C15H20N2O3. The van der Waals surface area contributed by atoms with Crippen molar-refractivity contribution in [2.45, 2.75) is 18.9 Å². The van der Waals surface area contributed by atoms with Gasteiger partial charge in [-0.05, 0) is 51.2 Å². The summed E-state index contributed by atoms with van der Waals surface area (Å²) in [5.41, 5.74) is 0.751. The van der Waals surface area contributed by atoms with Crippen molar-refractivity contribution < 1.29 is 14.7 Å². The first kappa shape index (κ1) is 14.5. The lowest BCUT2D eigenvalue weighted by molar-refractivity contribution is 0.0632. The lowest BCUT2D eigenvalue weighted by Gasteiger charge is -2.36. The molecule has 0 aromatic heterocycles. The maximum absolute atomic E-state index is 12.4. The van der Waals surface area contributed by atoms with E-state index < -0.39 is 5.97 Å². The fourth-order valence-electron chi connectivity index (χ4n) is 2.50. The molecule has 0 bridgehead atoms. The number of carbonyl (C=O) groups excluding carboxylic acids is 1. The van der Waals surface area contributed by atoms with Crippen LogP contribution in [0.4, 0.5) is 0 Å². The van der Waals surface area contributed by atoms with Gasteiger partial charge in [-0.3, -0.25) is 4.79 Å². The highest BCUT2D eigenvalue weighted by atomic mass is 16.4. The zero-order chi connectivity index (χ0) is 14.7. The number of likely N-dealkylation sites (tertiary alicyclic amines) is 1. The van der Waals surface area contributed by atoms with Gasteiger partial charge in [0.1, 0.15) is 0 Å². The molecule has 108 valence electrons. The van der Waals surface area contributed by atoms with Gasteiger partial charge in [-0.1, -0.05) is 0 Å². The highest BCUT2D eigenvalue weighted by Gasteiger charge is 2.25. The van der Waals surface area contributed by atoms with Crippen LogP contribution in [0.3, 0.4) is 0 Å². The van der Waals surface area contributed by atoms with Gasteiger partial charge >= 0.3 is 5.97 Å². The second-order valence-electron chi connectivity index (χ2n) is 5.39. The Balaban J connectivity index is 2.08. The molecule has 1 aromatic carbocycles. The van der Waals surface area contributed by atoms with Crippen LogP contribution in [0.25, 0.3) is 0 Å². The summed E-state index contributed by atoms with van der Waals surface area (Å²) in [6, 6.07) is 6.52. The predicted octanol–water partition coefficient (Wildman–Crippen LogP) is 1.55. The Bertz CT molecular complexity index is 496. The average Bonchev–Trinajstić information content (AvgIpc) is 2.46. The molecule has 20 heavy (non-hydrogen) atoms. The van der Waals surface area contributed by atoms with Crippen LogP contribution < -0.4 is 0 Å². The first-order chi connectivity index (χ1) is 9.49. The van der Waals surface area contributed by atoms with Gasteiger partial charge in [0, 0.05) is 24.7 Å². The monoisotopic (exact) mass is 276 g/mol. The summed E-state index contributed by atoms with van der Waals surface area (Å²) < 4.78 is 0. The van der Waals surface area contributed by atoms with Crippen molar-refractivity contribution in [2.75, 3.05) is 27.2 Å². The van der Waals surface area contributed by atoms with E-state index in [1.807, 2.05) is 19.0 Å². The topological polar surface area (TPSA) is 60.9 Å². The van der Waals surface area contributed by atoms with Crippen LogP contribution in [-0.4, -0.2) is 60.0 Å². The van der Waals surface area contributed by atoms with Crippen LogP contribution in [0.5, 0.6) is 0 Å². The van der Waals surface area contributed by atoms with Crippen LogP contribution in [0.15, 0.2) is 24.3 Å². The van der Waals surface area contributed by atoms with E-state index in [1.165, 1.54) is 12.1 Å². The molecule has 2 rings (SSSR count). The van der Waals surface area contributed by atoms with Crippen LogP contribution in [0.1, 0.15) is 33.6 Å². The number of benzene rings is 1. The first-order valence-electron chi connectivity index (χ1n) is 6.78. The van der Waals surface area contributed by atoms with Gasteiger partial charge in [0.05, 0.1) is 5.56 Å². The number of hydrogen-bond donors (Lipinski definition) is 1. The number of carboxylic acid groups (broad SMARTS) is 1. The minimum Gasteiger partial charge on any atom is -0.478 e. The average molecular weight is 276 g/mol. The van der Waals surface area contributed by atoms with Crippen molar-refractivity contribution in [3.63, 3.8) is 0 Å². The minimum atomic E-state index is -0.977. The summed E-state index contributed by atoms with van der Waals surface area (Å²) in [5.74, 6) is -0.997. The molecule has 0 saturated carbocycles. The van der Waals surface area contributed by atoms with Crippen LogP contribution >= 0.6 is 0 Å². The lowest BCUT2D eigenvalue weighted by atomic mass is 10.0. The van der Waals surface area contributed by atoms with Gasteiger partial charge in [-0.2, -0.15) is 0 Å². The van der Waals surface area contributed by atoms with Gasteiger partial charge in [-0.15, -0.1) is 0 Å². The fraction of sp³-hybridized carbons (Fsp3) is 0.467. The number of rotatable bonds is 3. The van der Waals surface area contributed by atoms with Crippen molar-refractivity contribution in [1.29, 1.82) is 0 Å². The molecule has 0 aliphatic carbocycles. The summed E-state index contributed by atoms with van der Waals surface area (Å²) in [6.45, 7) is 1.50. The van der Waals surface area contributed by atoms with E-state index in [9.17, 15) is 9.59 Å². The lowest BCUT2D eigenvalue weighted by Crippen LogP contribution is -2.47. The number of amides is 1. The number of likely N-dealkylation sites (N-methyl/N-ethyl adjacent to an activating group) is 1. The highest BCUT2D eigenvalue weighted by Crippen LogP contribution is 2.17. The van der Waals surface area contributed by atoms with E-state index in [4.69, 9.17) is 5.11 Å². The standard InChI is InChI=1S/C15H20N2O3/c1-16(2)13-4-3-9-17(10-13)14(18)11-5-7-12(8-6-11)15(19)20/h5-8,13H,3-4,9-10H2,1-2H3,(H,19,20). The molecule has 1 atom stereocenters. The van der Waals surface area contributed by atoms with Crippen LogP contribution in [0.2, 0.25) is 0 Å². The van der Waals surface area contributed by atoms with E-state index in [0.29, 0.717) is 11.6 Å². The zero-order valence-corrected chi connectivity index (χ0v) is 11.9. The molecule has 1 N–H and O–H groups in total. The minimum absolute atomic E-state index is 0.0199. The summed E-state index contributed by atoms with van der Waals surface area (Å²) in [4.78, 5) is 27.2. The van der Waals surface area contributed by atoms with E-state index >= 15 is 0 Å². The molecule has 5 heteroatoms. The Morgan fingerprint density at radius 1 is 1.20 bits per heavy atom. The molecular weight excluding hydrogens is 256 g/mol. The number of hydrogen-bond acceptors (Lipinski definition) is 3. The van der Waals surface area contributed by atoms with Crippen LogP contribution in [-0.2, 0) is 0 Å². The Kier molecular flexibility index (Phi) is 4.39. The van der Waals surface area contributed by atoms with E-state index in [1.54, 1.807) is 12.1 Å². The molecule has 1 unspecified atom stereocenters. The molecule has 0 radical (unpaired) electrons. The molecule has 1 heterocycles. The third-order valence-corrected chi connectivity index (χ3v) is 3.79. The summed E-state index contributed by atoms with van der Waals surface area (Å²) in [7, 11) is 4.06. The molecule has 1 amide bonds. The Hall–Kier alpha value is -1.88. The Morgan fingerprint density at radius 3 is 2.35 bits per heavy atom. The number of carbonyl (C=O) groups is 2. The maximum Gasteiger partial charge on any atom is 0.335 e. The Morgan fingerprint density at radius 2 is 1.80 bits per heavy atom. The summed E-state index contributed by atoms with van der Waals surface area (Å²) >= 11 is 0. The number of aromatic carboxylic acids is 1. The van der Waals surface area contributed by atoms with Gasteiger partial charge in [0.2, 0.25) is 0 Å². The van der Waals surface area contributed by atoms with E-state index in [2.05, 4.69) is 4.90 Å². The van der Waals surface area contributed by atoms with Crippen molar-refractivity contribution in [3.05, 3.63) is 35.4 Å². The molecule has 5 nitrogen and oxygen atoms in total. The summed E-state index contributed by atoms with van der Waals surface area (Å²) in [6.07, 6.45) is 2.11. The van der Waals surface area contributed by atoms with E-state index in [-0.39, 0.29) is 11.5 Å². The first-order valence-corrected chi connectivity index (χ1v) is 6.78. The molecule has 1 fully saturated rings. The highest BCUT2D eigenvalue weighted by molar-refractivity contribution is 5.96. The quantitative estimate of drug-likeness (QED) is 0.910. The third kappa shape index (κ3) is 3.17. The van der Waals surface area contributed by atoms with Gasteiger partial charge in [0.15, 0.2) is 0 Å². The fourth-order valence-corrected chi connectivity index (χ4v) is 2.50. The van der Waals surface area contributed by atoms with Gasteiger partial charge < -0.3 is 14.9 Å². The second kappa shape index (κ2) is 6.05. The van der Waals surface area contributed by atoms with Gasteiger partial charge in [-0.25, -0.2) is 4.79 Å². The maximum atomic E-state index is 12.4. The SMILES string of the molecule is CN(C)C1CCCN(C(=O)c2ccc(C(=O)O)cc2)C1.